The van der Waals surface area contributed by atoms with E-state index in [0.717, 1.165) is 20.7 Å². The Hall–Kier alpha value is -2.97. The summed E-state index contributed by atoms with van der Waals surface area (Å²) in [5, 5.41) is 1.97. The zero-order valence-corrected chi connectivity index (χ0v) is 18.3. The van der Waals surface area contributed by atoms with Gasteiger partial charge in [-0.15, -0.1) is 11.3 Å². The molecular weight excluding hydrogens is 466 g/mol. The molecule has 3 heterocycles. The number of aromatic nitrogens is 2. The molecule has 150 valence electrons. The number of hydrogen-bond donors (Lipinski definition) is 0. The van der Waals surface area contributed by atoms with Gasteiger partial charge in [-0.05, 0) is 37.3 Å². The minimum absolute atomic E-state index is 0.0527. The maximum Gasteiger partial charge on any atom is 0.268 e. The van der Waals surface area contributed by atoms with Crippen LogP contribution in [0.1, 0.15) is 17.3 Å². The zero-order valence-electron chi connectivity index (χ0n) is 15.9. The molecule has 6 nitrogen and oxygen atoms in total. The molecule has 0 fully saturated rings. The Labute approximate surface area is 184 Å². The number of imidazole rings is 1. The number of Topliss-reactive ketones (excluding diaryl/α,β-unsaturated/α-hetero) is 1. The number of ketones is 1. The van der Waals surface area contributed by atoms with Crippen molar-refractivity contribution < 1.29 is 14.3 Å². The van der Waals surface area contributed by atoms with Crippen LogP contribution in [0.2, 0.25) is 0 Å². The van der Waals surface area contributed by atoms with Crippen LogP contribution in [0.15, 0.2) is 64.7 Å². The van der Waals surface area contributed by atoms with Crippen LogP contribution in [-0.2, 0) is 4.79 Å². The lowest BCUT2D eigenvalue weighted by molar-refractivity contribution is -0.125. The number of carbonyl (C=O) groups is 2. The summed E-state index contributed by atoms with van der Waals surface area (Å²) in [6, 6.07) is 12.7. The van der Waals surface area contributed by atoms with Gasteiger partial charge in [-0.2, -0.15) is 0 Å². The summed E-state index contributed by atoms with van der Waals surface area (Å²) >= 11 is 4.93. The van der Waals surface area contributed by atoms with E-state index in [0.29, 0.717) is 17.0 Å². The largest absolute Gasteiger partial charge is 0.479 e. The molecule has 5 rings (SSSR count). The molecule has 8 heteroatoms. The van der Waals surface area contributed by atoms with Crippen molar-refractivity contribution >= 4 is 49.6 Å². The first-order chi connectivity index (χ1) is 14.5. The van der Waals surface area contributed by atoms with E-state index in [4.69, 9.17) is 4.74 Å². The van der Waals surface area contributed by atoms with Crippen molar-refractivity contribution in [2.24, 2.45) is 0 Å². The zero-order chi connectivity index (χ0) is 20.8. The van der Waals surface area contributed by atoms with E-state index in [9.17, 15) is 9.59 Å². The second-order valence-electron chi connectivity index (χ2n) is 7.02. The average molecular weight is 482 g/mol. The Balaban J connectivity index is 1.51. The maximum atomic E-state index is 12.9. The number of nitrogens with zero attached hydrogens (tertiary/aromatic N) is 3. The molecule has 1 atom stereocenters. The molecule has 2 aromatic heterocycles. The van der Waals surface area contributed by atoms with Gasteiger partial charge >= 0.3 is 0 Å². The SMILES string of the molecule is CC1Oc2ccc(-c3cn4ccsc4n3)cc2N(CC(=O)c2ccc(Br)cc2)C1=O. The van der Waals surface area contributed by atoms with Crippen molar-refractivity contribution in [2.75, 3.05) is 11.4 Å². The molecular formula is C22H16BrN3O3S. The van der Waals surface area contributed by atoms with Crippen molar-refractivity contribution in [2.45, 2.75) is 13.0 Å². The van der Waals surface area contributed by atoms with Gasteiger partial charge in [0.15, 0.2) is 16.8 Å². The van der Waals surface area contributed by atoms with Crippen LogP contribution in [0.3, 0.4) is 0 Å². The van der Waals surface area contributed by atoms with E-state index in [1.807, 2.05) is 52.5 Å². The van der Waals surface area contributed by atoms with Crippen molar-refractivity contribution in [3.05, 3.63) is 70.3 Å². The Morgan fingerprint density at radius 2 is 2.03 bits per heavy atom. The highest BCUT2D eigenvalue weighted by Gasteiger charge is 2.33. The first-order valence-electron chi connectivity index (χ1n) is 9.33. The molecule has 0 saturated heterocycles. The average Bonchev–Trinajstić information content (AvgIpc) is 3.34. The smallest absolute Gasteiger partial charge is 0.268 e. The molecule has 1 aliphatic rings. The number of benzene rings is 2. The van der Waals surface area contributed by atoms with E-state index in [-0.39, 0.29) is 18.2 Å². The molecule has 0 radical (unpaired) electrons. The summed E-state index contributed by atoms with van der Waals surface area (Å²) in [5.74, 6) is 0.204. The highest BCUT2D eigenvalue weighted by atomic mass is 79.9. The molecule has 1 unspecified atom stereocenters. The van der Waals surface area contributed by atoms with E-state index < -0.39 is 6.10 Å². The van der Waals surface area contributed by atoms with Crippen molar-refractivity contribution in [3.63, 3.8) is 0 Å². The second-order valence-corrected chi connectivity index (χ2v) is 8.80. The fourth-order valence-electron chi connectivity index (χ4n) is 3.47. The third-order valence-corrected chi connectivity index (χ3v) is 6.32. The highest BCUT2D eigenvalue weighted by molar-refractivity contribution is 9.10. The highest BCUT2D eigenvalue weighted by Crippen LogP contribution is 2.37. The van der Waals surface area contributed by atoms with Crippen molar-refractivity contribution in [1.82, 2.24) is 9.38 Å². The molecule has 0 saturated carbocycles. The third kappa shape index (κ3) is 3.32. The number of fused-ring (bicyclic) bond motifs is 2. The van der Waals surface area contributed by atoms with Gasteiger partial charge < -0.3 is 4.74 Å². The fourth-order valence-corrected chi connectivity index (χ4v) is 4.43. The van der Waals surface area contributed by atoms with Crippen LogP contribution in [0.4, 0.5) is 5.69 Å². The predicted octanol–water partition coefficient (Wildman–Crippen LogP) is 4.82. The number of carbonyl (C=O) groups excluding carboxylic acids is 2. The number of rotatable bonds is 4. The number of ether oxygens (including phenoxy) is 1. The summed E-state index contributed by atoms with van der Waals surface area (Å²) in [5.41, 5.74) is 2.79. The van der Waals surface area contributed by atoms with Crippen molar-refractivity contribution in [1.29, 1.82) is 0 Å². The molecule has 0 bridgehead atoms. The first-order valence-corrected chi connectivity index (χ1v) is 11.0. The van der Waals surface area contributed by atoms with Crippen molar-refractivity contribution in [3.8, 4) is 17.0 Å². The van der Waals surface area contributed by atoms with Gasteiger partial charge in [0.2, 0.25) is 0 Å². The molecule has 30 heavy (non-hydrogen) atoms. The molecule has 0 N–H and O–H groups in total. The quantitative estimate of drug-likeness (QED) is 0.392. The minimum atomic E-state index is -0.654. The van der Waals surface area contributed by atoms with E-state index >= 15 is 0 Å². The molecule has 1 amide bonds. The predicted molar refractivity (Wildman–Crippen MR) is 119 cm³/mol. The normalized spacial score (nSPS) is 15.9. The molecule has 2 aromatic carbocycles. The summed E-state index contributed by atoms with van der Waals surface area (Å²) in [4.78, 5) is 32.8. The Morgan fingerprint density at radius 3 is 2.80 bits per heavy atom. The summed E-state index contributed by atoms with van der Waals surface area (Å²) in [7, 11) is 0. The van der Waals surface area contributed by atoms with Crippen LogP contribution >= 0.6 is 27.3 Å². The molecule has 0 aliphatic carbocycles. The lowest BCUT2D eigenvalue weighted by atomic mass is 10.1. The number of amides is 1. The molecule has 4 aromatic rings. The topological polar surface area (TPSA) is 63.9 Å². The monoisotopic (exact) mass is 481 g/mol. The first kappa shape index (κ1) is 19.0. The summed E-state index contributed by atoms with van der Waals surface area (Å²) in [6.45, 7) is 1.64. The van der Waals surface area contributed by atoms with Crippen LogP contribution in [0, 0.1) is 0 Å². The van der Waals surface area contributed by atoms with Gasteiger partial charge in [-0.3, -0.25) is 18.9 Å². The molecule has 1 aliphatic heterocycles. The van der Waals surface area contributed by atoms with Crippen LogP contribution in [-0.4, -0.2) is 33.7 Å². The minimum Gasteiger partial charge on any atom is -0.479 e. The number of anilines is 1. The van der Waals surface area contributed by atoms with Gasteiger partial charge in [-0.1, -0.05) is 28.1 Å². The maximum absolute atomic E-state index is 12.9. The van der Waals surface area contributed by atoms with Crippen LogP contribution in [0.5, 0.6) is 5.75 Å². The Bertz CT molecular complexity index is 1250. The standard InChI is InChI=1S/C22H16BrN3O3S/c1-13-21(28)26(12-19(27)14-2-5-16(23)6-3-14)18-10-15(4-7-20(18)29-13)17-11-25-8-9-30-22(25)24-17/h2-11,13H,12H2,1H3. The molecule has 0 spiro atoms. The van der Waals surface area contributed by atoms with Gasteiger partial charge in [0.05, 0.1) is 17.9 Å². The lowest BCUT2D eigenvalue weighted by Gasteiger charge is -2.33. The Morgan fingerprint density at radius 1 is 1.23 bits per heavy atom. The van der Waals surface area contributed by atoms with Crippen LogP contribution in [0.25, 0.3) is 16.2 Å². The fraction of sp³-hybridized carbons (Fsp3) is 0.136. The Kier molecular flexibility index (Phi) is 4.67. The number of halogens is 1. The van der Waals surface area contributed by atoms with Crippen LogP contribution < -0.4 is 9.64 Å². The van der Waals surface area contributed by atoms with E-state index in [1.54, 1.807) is 30.4 Å². The lowest BCUT2D eigenvalue weighted by Crippen LogP contribution is -2.46. The van der Waals surface area contributed by atoms with E-state index in [1.165, 1.54) is 4.90 Å². The van der Waals surface area contributed by atoms with Gasteiger partial charge in [0, 0.05) is 33.4 Å². The van der Waals surface area contributed by atoms with Gasteiger partial charge in [0.1, 0.15) is 5.75 Å². The van der Waals surface area contributed by atoms with Gasteiger partial charge in [-0.25, -0.2) is 4.98 Å². The third-order valence-electron chi connectivity index (χ3n) is 5.02. The number of thiazole rings is 1. The summed E-state index contributed by atoms with van der Waals surface area (Å²) in [6.07, 6.45) is 3.24. The second kappa shape index (κ2) is 7.37. The number of hydrogen-bond acceptors (Lipinski definition) is 5. The van der Waals surface area contributed by atoms with Gasteiger partial charge in [0.25, 0.3) is 5.91 Å². The summed E-state index contributed by atoms with van der Waals surface area (Å²) < 4.78 is 8.63. The van der Waals surface area contributed by atoms with E-state index in [2.05, 4.69) is 20.9 Å².